The van der Waals surface area contributed by atoms with Gasteiger partial charge in [-0.15, -0.1) is 0 Å². The summed E-state index contributed by atoms with van der Waals surface area (Å²) in [4.78, 5) is 21.8. The van der Waals surface area contributed by atoms with Crippen LogP contribution in [0.3, 0.4) is 0 Å². The number of hydrogen-bond donors (Lipinski definition) is 2. The highest BCUT2D eigenvalue weighted by atomic mass is 19.4. The number of carbonyl (C=O) groups is 2. The number of aliphatic carboxylic acids is 2. The average molecular weight is 485 g/mol. The number of halogens is 3. The van der Waals surface area contributed by atoms with Crippen LogP contribution in [-0.2, 0) is 20.9 Å². The van der Waals surface area contributed by atoms with Crippen LogP contribution in [0.5, 0.6) is 11.5 Å². The maximum atomic E-state index is 10.8. The van der Waals surface area contributed by atoms with Crippen molar-refractivity contribution in [2.75, 3.05) is 33.4 Å². The molecule has 8 nitrogen and oxygen atoms in total. The first kappa shape index (κ1) is 26.9. The van der Waals surface area contributed by atoms with Crippen molar-refractivity contribution in [1.82, 2.24) is 4.90 Å². The molecule has 1 fully saturated rings. The first-order valence-corrected chi connectivity index (χ1v) is 10.3. The van der Waals surface area contributed by atoms with E-state index in [-0.39, 0.29) is 12.5 Å². The fraction of sp³-hybridized carbons (Fsp3) is 0.391. The number of rotatable bonds is 8. The van der Waals surface area contributed by atoms with Crippen LogP contribution in [0.15, 0.2) is 48.5 Å². The zero-order valence-corrected chi connectivity index (χ0v) is 18.5. The minimum Gasteiger partial charge on any atom is -0.497 e. The van der Waals surface area contributed by atoms with Crippen LogP contribution in [0.25, 0.3) is 0 Å². The Labute approximate surface area is 194 Å². The van der Waals surface area contributed by atoms with Gasteiger partial charge in [0.1, 0.15) is 18.1 Å². The Bertz CT molecular complexity index is 935. The summed E-state index contributed by atoms with van der Waals surface area (Å²) >= 11 is 0. The van der Waals surface area contributed by atoms with Gasteiger partial charge in [-0.2, -0.15) is 13.2 Å². The predicted octanol–water partition coefficient (Wildman–Crippen LogP) is 3.76. The highest BCUT2D eigenvalue weighted by Gasteiger charge is 2.38. The van der Waals surface area contributed by atoms with Crippen LogP contribution < -0.4 is 9.47 Å². The molecule has 2 aromatic rings. The summed E-state index contributed by atoms with van der Waals surface area (Å²) in [6, 6.07) is 15.7. The van der Waals surface area contributed by atoms with Gasteiger partial charge < -0.3 is 24.4 Å². The molecule has 0 aromatic heterocycles. The van der Waals surface area contributed by atoms with Gasteiger partial charge in [0.15, 0.2) is 0 Å². The molecule has 3 rings (SSSR count). The number of ether oxygens (including phenoxy) is 3. The van der Waals surface area contributed by atoms with E-state index >= 15 is 0 Å². The van der Waals surface area contributed by atoms with E-state index in [4.69, 9.17) is 29.2 Å². The zero-order chi connectivity index (χ0) is 25.1. The normalized spacial score (nSPS) is 16.2. The van der Waals surface area contributed by atoms with E-state index in [9.17, 15) is 18.0 Å². The first-order chi connectivity index (χ1) is 16.1. The van der Waals surface area contributed by atoms with Crippen molar-refractivity contribution in [2.45, 2.75) is 25.3 Å². The van der Waals surface area contributed by atoms with Crippen molar-refractivity contribution in [1.29, 1.82) is 0 Å². The molecular weight excluding hydrogens is 459 g/mol. The number of methoxy groups -OCH3 is 1. The highest BCUT2D eigenvalue weighted by Crippen LogP contribution is 2.25. The lowest BCUT2D eigenvalue weighted by atomic mass is 10.1. The lowest BCUT2D eigenvalue weighted by molar-refractivity contribution is -0.192. The molecule has 0 amide bonds. The molecular formula is C23H26F3NO7. The minimum absolute atomic E-state index is 0.0417. The summed E-state index contributed by atoms with van der Waals surface area (Å²) < 4.78 is 48.7. The molecule has 11 heteroatoms. The van der Waals surface area contributed by atoms with Crippen molar-refractivity contribution in [2.24, 2.45) is 0 Å². The predicted molar refractivity (Wildman–Crippen MR) is 115 cm³/mol. The van der Waals surface area contributed by atoms with E-state index in [2.05, 4.69) is 4.90 Å². The van der Waals surface area contributed by atoms with Gasteiger partial charge in [-0.1, -0.05) is 24.3 Å². The summed E-state index contributed by atoms with van der Waals surface area (Å²) in [7, 11) is 1.65. The fourth-order valence-corrected chi connectivity index (χ4v) is 3.07. The maximum absolute atomic E-state index is 10.8. The first-order valence-electron chi connectivity index (χ1n) is 10.3. The third-order valence-electron chi connectivity index (χ3n) is 4.83. The summed E-state index contributed by atoms with van der Waals surface area (Å²) in [5, 5.41) is 16.0. The molecule has 0 aliphatic carbocycles. The van der Waals surface area contributed by atoms with Crippen molar-refractivity contribution in [3.8, 4) is 11.5 Å². The van der Waals surface area contributed by atoms with Crippen LogP contribution in [0, 0.1) is 0 Å². The molecule has 1 aliphatic rings. The quantitative estimate of drug-likeness (QED) is 0.583. The smallest absolute Gasteiger partial charge is 0.490 e. The molecule has 0 saturated carbocycles. The summed E-state index contributed by atoms with van der Waals surface area (Å²) in [5.74, 6) is -1.92. The maximum Gasteiger partial charge on any atom is 0.490 e. The van der Waals surface area contributed by atoms with Crippen molar-refractivity contribution in [3.63, 3.8) is 0 Å². The molecule has 0 bridgehead atoms. The molecule has 1 aliphatic heterocycles. The van der Waals surface area contributed by atoms with Gasteiger partial charge in [-0.25, -0.2) is 4.79 Å². The van der Waals surface area contributed by atoms with E-state index in [0.717, 1.165) is 29.2 Å². The lowest BCUT2D eigenvalue weighted by Crippen LogP contribution is -2.39. The van der Waals surface area contributed by atoms with Gasteiger partial charge in [0.05, 0.1) is 26.2 Å². The van der Waals surface area contributed by atoms with E-state index < -0.39 is 18.1 Å². The Morgan fingerprint density at radius 1 is 1.12 bits per heavy atom. The van der Waals surface area contributed by atoms with Crippen LogP contribution in [0.2, 0.25) is 0 Å². The van der Waals surface area contributed by atoms with Gasteiger partial charge in [0.25, 0.3) is 0 Å². The lowest BCUT2D eigenvalue weighted by Gasteiger charge is -2.32. The Kier molecular flexibility index (Phi) is 10.1. The third-order valence-corrected chi connectivity index (χ3v) is 4.83. The van der Waals surface area contributed by atoms with Crippen molar-refractivity contribution < 1.29 is 47.2 Å². The third kappa shape index (κ3) is 9.28. The Morgan fingerprint density at radius 3 is 2.38 bits per heavy atom. The molecule has 0 radical (unpaired) electrons. The highest BCUT2D eigenvalue weighted by molar-refractivity contribution is 5.73. The monoisotopic (exact) mass is 485 g/mol. The molecule has 2 aromatic carbocycles. The molecule has 186 valence electrons. The second-order valence-electron chi connectivity index (χ2n) is 7.32. The molecule has 1 atom stereocenters. The zero-order valence-electron chi connectivity index (χ0n) is 18.5. The van der Waals surface area contributed by atoms with E-state index in [1.165, 1.54) is 0 Å². The number of nitrogens with zero attached hydrogens (tertiary/aromatic N) is 1. The van der Waals surface area contributed by atoms with E-state index in [1.54, 1.807) is 7.11 Å². The molecule has 1 saturated heterocycles. The largest absolute Gasteiger partial charge is 0.497 e. The number of alkyl halides is 3. The van der Waals surface area contributed by atoms with Gasteiger partial charge in [0, 0.05) is 19.6 Å². The van der Waals surface area contributed by atoms with Crippen LogP contribution >= 0.6 is 0 Å². The van der Waals surface area contributed by atoms with Crippen LogP contribution in [0.1, 0.15) is 23.7 Å². The van der Waals surface area contributed by atoms with E-state index in [0.29, 0.717) is 26.3 Å². The Balaban J connectivity index is 0.000000509. The molecule has 34 heavy (non-hydrogen) atoms. The van der Waals surface area contributed by atoms with Crippen LogP contribution in [0.4, 0.5) is 13.2 Å². The summed E-state index contributed by atoms with van der Waals surface area (Å²) in [6.07, 6.45) is -4.97. The SMILES string of the molecule is COc1cccc(COc2ccc(C3CN(CCC(=O)O)CCO3)cc2)c1.O=C(O)C(F)(F)F. The number of morpholine rings is 1. The second kappa shape index (κ2) is 12.8. The average Bonchev–Trinajstić information content (AvgIpc) is 2.82. The molecule has 1 unspecified atom stereocenters. The van der Waals surface area contributed by atoms with Gasteiger partial charge in [-0.05, 0) is 35.4 Å². The second-order valence-corrected chi connectivity index (χ2v) is 7.32. The number of carboxylic acids is 2. The topological polar surface area (TPSA) is 106 Å². The number of carboxylic acid groups (broad SMARTS) is 2. The summed E-state index contributed by atoms with van der Waals surface area (Å²) in [5.41, 5.74) is 2.12. The Hall–Kier alpha value is -3.31. The molecule has 1 heterocycles. The number of hydrogen-bond acceptors (Lipinski definition) is 6. The summed E-state index contributed by atoms with van der Waals surface area (Å²) in [6.45, 7) is 3.11. The minimum atomic E-state index is -5.08. The standard InChI is InChI=1S/C21H25NO5.C2HF3O2/c1-25-19-4-2-3-16(13-19)15-27-18-7-5-17(6-8-18)20-14-22(11-12-26-20)10-9-21(23)24;3-2(4,5)1(6)7/h2-8,13,20H,9-12,14-15H2,1H3,(H,23,24);(H,6,7). The number of benzene rings is 2. The van der Waals surface area contributed by atoms with Gasteiger partial charge in [0.2, 0.25) is 0 Å². The van der Waals surface area contributed by atoms with Crippen LogP contribution in [-0.4, -0.2) is 66.6 Å². The van der Waals surface area contributed by atoms with Gasteiger partial charge >= 0.3 is 18.1 Å². The molecule has 2 N–H and O–H groups in total. The van der Waals surface area contributed by atoms with E-state index in [1.807, 2.05) is 48.5 Å². The van der Waals surface area contributed by atoms with Crippen molar-refractivity contribution >= 4 is 11.9 Å². The fourth-order valence-electron chi connectivity index (χ4n) is 3.07. The van der Waals surface area contributed by atoms with Crippen molar-refractivity contribution in [3.05, 3.63) is 59.7 Å². The molecule has 0 spiro atoms. The van der Waals surface area contributed by atoms with Gasteiger partial charge in [-0.3, -0.25) is 9.69 Å². The Morgan fingerprint density at radius 2 is 1.79 bits per heavy atom.